The molecule has 3 aromatic rings. The van der Waals surface area contributed by atoms with Gasteiger partial charge in [-0.25, -0.2) is 9.48 Å². The molecular weight excluding hydrogens is 456 g/mol. The average Bonchev–Trinajstić information content (AvgIpc) is 3.41. The molecule has 0 atom stereocenters. The predicted octanol–water partition coefficient (Wildman–Crippen LogP) is 4.19. The Bertz CT molecular complexity index is 1430. The van der Waals surface area contributed by atoms with E-state index >= 15 is 0 Å². The van der Waals surface area contributed by atoms with Crippen molar-refractivity contribution in [2.45, 2.75) is 20.3 Å². The number of para-hydroxylation sites is 2. The Balaban J connectivity index is 1.58. The van der Waals surface area contributed by atoms with E-state index in [0.717, 1.165) is 11.4 Å². The van der Waals surface area contributed by atoms with Gasteiger partial charge in [0, 0.05) is 5.69 Å². The molecule has 1 aliphatic heterocycles. The summed E-state index contributed by atoms with van der Waals surface area (Å²) in [5.74, 6) is -1.09. The van der Waals surface area contributed by atoms with Crippen molar-refractivity contribution in [3.05, 3.63) is 112 Å². The summed E-state index contributed by atoms with van der Waals surface area (Å²) < 4.78 is 6.60. The first-order valence-corrected chi connectivity index (χ1v) is 11.6. The van der Waals surface area contributed by atoms with E-state index in [1.807, 2.05) is 43.3 Å². The van der Waals surface area contributed by atoms with E-state index in [1.54, 1.807) is 55.5 Å². The lowest BCUT2D eigenvalue weighted by Crippen LogP contribution is -2.22. The predicted molar refractivity (Wildman–Crippen MR) is 140 cm³/mol. The molecule has 0 fully saturated rings. The molecular formula is C28H26N4O4. The Morgan fingerprint density at radius 1 is 0.944 bits per heavy atom. The third-order valence-corrected chi connectivity index (χ3v) is 5.47. The Morgan fingerprint density at radius 2 is 1.61 bits per heavy atom. The van der Waals surface area contributed by atoms with Crippen molar-refractivity contribution in [1.82, 2.24) is 9.78 Å². The highest BCUT2D eigenvalue weighted by Gasteiger charge is 2.35. The lowest BCUT2D eigenvalue weighted by Gasteiger charge is -2.10. The molecule has 0 saturated carbocycles. The minimum absolute atomic E-state index is 0.0519. The molecule has 1 aliphatic rings. The zero-order valence-electron chi connectivity index (χ0n) is 20.0. The summed E-state index contributed by atoms with van der Waals surface area (Å²) in [5.41, 5.74) is 2.60. The van der Waals surface area contributed by atoms with Crippen LogP contribution in [0.2, 0.25) is 0 Å². The number of esters is 1. The molecule has 0 saturated heterocycles. The summed E-state index contributed by atoms with van der Waals surface area (Å²) in [6.07, 6.45) is 8.93. The van der Waals surface area contributed by atoms with Gasteiger partial charge in [0.15, 0.2) is 5.71 Å². The Morgan fingerprint density at radius 3 is 2.25 bits per heavy atom. The first kappa shape index (κ1) is 24.4. The minimum atomic E-state index is -0.666. The summed E-state index contributed by atoms with van der Waals surface area (Å²) in [4.78, 5) is 38.4. The molecule has 182 valence electrons. The number of rotatable bonds is 8. The minimum Gasteiger partial charge on any atom is -0.461 e. The van der Waals surface area contributed by atoms with Crippen molar-refractivity contribution in [3.8, 4) is 5.69 Å². The van der Waals surface area contributed by atoms with Crippen LogP contribution in [0.5, 0.6) is 0 Å². The molecule has 0 unspecified atom stereocenters. The number of nitrogens with zero attached hydrogens (tertiary/aromatic N) is 3. The number of aromatic nitrogens is 2. The summed E-state index contributed by atoms with van der Waals surface area (Å²) in [6.45, 7) is 3.83. The number of carbonyl (C=O) groups is 2. The third-order valence-electron chi connectivity index (χ3n) is 5.47. The lowest BCUT2D eigenvalue weighted by atomic mass is 10.1. The maximum Gasteiger partial charge on any atom is 0.359 e. The highest BCUT2D eigenvalue weighted by Crippen LogP contribution is 2.24. The topological polar surface area (TPSA) is 96.8 Å². The van der Waals surface area contributed by atoms with E-state index in [4.69, 9.17) is 4.74 Å². The van der Waals surface area contributed by atoms with Crippen LogP contribution in [0.15, 0.2) is 100 Å². The molecule has 36 heavy (non-hydrogen) atoms. The van der Waals surface area contributed by atoms with Gasteiger partial charge in [0.05, 0.1) is 29.1 Å². The van der Waals surface area contributed by atoms with Crippen molar-refractivity contribution in [1.29, 1.82) is 0 Å². The van der Waals surface area contributed by atoms with Gasteiger partial charge in [-0.3, -0.25) is 14.7 Å². The number of hydrogen-bond donors (Lipinski definition) is 1. The van der Waals surface area contributed by atoms with Gasteiger partial charge in [-0.2, -0.15) is 10.1 Å². The van der Waals surface area contributed by atoms with Crippen LogP contribution in [0.1, 0.15) is 25.1 Å². The number of aromatic amines is 1. The van der Waals surface area contributed by atoms with Gasteiger partial charge >= 0.3 is 5.97 Å². The summed E-state index contributed by atoms with van der Waals surface area (Å²) in [6, 6.07) is 18.2. The maximum absolute atomic E-state index is 13.0. The van der Waals surface area contributed by atoms with Gasteiger partial charge in [-0.1, -0.05) is 61.5 Å². The fraction of sp³-hybridized carbons (Fsp3) is 0.143. The zero-order valence-corrected chi connectivity index (χ0v) is 20.0. The number of carbonyl (C=O) groups excluding carboxylic acids is 2. The van der Waals surface area contributed by atoms with Gasteiger partial charge in [0.25, 0.3) is 11.5 Å². The monoisotopic (exact) mass is 482 g/mol. The fourth-order valence-corrected chi connectivity index (χ4v) is 3.72. The smallest absolute Gasteiger partial charge is 0.359 e. The van der Waals surface area contributed by atoms with Crippen LogP contribution in [-0.4, -0.2) is 34.0 Å². The van der Waals surface area contributed by atoms with Crippen LogP contribution < -0.4 is 10.6 Å². The molecule has 0 radical (unpaired) electrons. The molecule has 0 spiro atoms. The SMILES string of the molecule is CCOC(=O)C1=NN(c2ccccc2)C(=O)C1=CC=CC=Cc1c(CC)[nH]n(-c2ccccc2)c1=O. The molecule has 8 heteroatoms. The number of H-pyrrole nitrogens is 1. The molecule has 1 amide bonds. The van der Waals surface area contributed by atoms with Crippen molar-refractivity contribution >= 4 is 29.4 Å². The van der Waals surface area contributed by atoms with E-state index in [1.165, 1.54) is 15.8 Å². The third kappa shape index (κ3) is 5.02. The summed E-state index contributed by atoms with van der Waals surface area (Å²) >= 11 is 0. The van der Waals surface area contributed by atoms with Gasteiger partial charge in [-0.15, -0.1) is 0 Å². The Hall–Kier alpha value is -4.72. The number of anilines is 1. The number of allylic oxidation sites excluding steroid dienone is 4. The second-order valence-electron chi connectivity index (χ2n) is 7.78. The van der Waals surface area contributed by atoms with Crippen molar-refractivity contribution in [3.63, 3.8) is 0 Å². The first-order valence-electron chi connectivity index (χ1n) is 11.6. The van der Waals surface area contributed by atoms with Gasteiger partial charge in [-0.05, 0) is 49.8 Å². The van der Waals surface area contributed by atoms with Crippen LogP contribution in [0.3, 0.4) is 0 Å². The molecule has 2 heterocycles. The number of amides is 1. The molecule has 2 aromatic carbocycles. The maximum atomic E-state index is 13.0. The molecule has 1 aromatic heterocycles. The van der Waals surface area contributed by atoms with Crippen LogP contribution in [0.25, 0.3) is 11.8 Å². The largest absolute Gasteiger partial charge is 0.461 e. The van der Waals surface area contributed by atoms with E-state index in [2.05, 4.69) is 10.2 Å². The zero-order chi connectivity index (χ0) is 25.5. The van der Waals surface area contributed by atoms with E-state index < -0.39 is 11.9 Å². The highest BCUT2D eigenvalue weighted by atomic mass is 16.5. The molecule has 1 N–H and O–H groups in total. The normalized spacial score (nSPS) is 14.8. The summed E-state index contributed by atoms with van der Waals surface area (Å²) in [5, 5.41) is 8.55. The van der Waals surface area contributed by atoms with Gasteiger partial charge < -0.3 is 4.74 Å². The van der Waals surface area contributed by atoms with E-state index in [-0.39, 0.29) is 23.5 Å². The molecule has 0 aliphatic carbocycles. The number of nitrogens with one attached hydrogen (secondary N) is 1. The van der Waals surface area contributed by atoms with Crippen molar-refractivity contribution in [2.75, 3.05) is 11.6 Å². The summed E-state index contributed by atoms with van der Waals surface area (Å²) in [7, 11) is 0. The Kier molecular flexibility index (Phi) is 7.55. The van der Waals surface area contributed by atoms with Crippen molar-refractivity contribution in [2.24, 2.45) is 5.10 Å². The van der Waals surface area contributed by atoms with E-state index in [0.29, 0.717) is 17.7 Å². The Labute approximate surface area is 208 Å². The van der Waals surface area contributed by atoms with Crippen molar-refractivity contribution < 1.29 is 14.3 Å². The standard InChI is InChI=1S/C28H26N4O4/c1-3-24-22(26(33)31(29-24)20-14-8-5-9-15-20)18-12-7-13-19-23-25(28(35)36-4-2)30-32(27(23)34)21-16-10-6-11-17-21/h5-19,29H,3-4H2,1-2H3. The molecule has 0 bridgehead atoms. The first-order chi connectivity index (χ1) is 17.5. The average molecular weight is 483 g/mol. The number of hydrazone groups is 1. The van der Waals surface area contributed by atoms with E-state index in [9.17, 15) is 14.4 Å². The van der Waals surface area contributed by atoms with Crippen LogP contribution in [0.4, 0.5) is 5.69 Å². The second kappa shape index (κ2) is 11.1. The van der Waals surface area contributed by atoms with Crippen LogP contribution in [0, 0.1) is 0 Å². The highest BCUT2D eigenvalue weighted by molar-refractivity contribution is 6.53. The molecule has 4 rings (SSSR count). The molecule has 8 nitrogen and oxygen atoms in total. The van der Waals surface area contributed by atoms with Crippen LogP contribution in [-0.2, 0) is 20.7 Å². The quantitative estimate of drug-likeness (QED) is 0.296. The number of ether oxygens (including phenoxy) is 1. The number of aryl methyl sites for hydroxylation is 1. The lowest BCUT2D eigenvalue weighted by molar-refractivity contribution is -0.135. The number of benzene rings is 2. The van der Waals surface area contributed by atoms with Gasteiger partial charge in [0.2, 0.25) is 0 Å². The van der Waals surface area contributed by atoms with Gasteiger partial charge in [0.1, 0.15) is 0 Å². The van der Waals surface area contributed by atoms with Crippen LogP contribution >= 0.6 is 0 Å². The second-order valence-corrected chi connectivity index (χ2v) is 7.78. The fourth-order valence-electron chi connectivity index (χ4n) is 3.72. The number of hydrogen-bond acceptors (Lipinski definition) is 5.